The van der Waals surface area contributed by atoms with E-state index in [0.29, 0.717) is 0 Å². The predicted molar refractivity (Wildman–Crippen MR) is 62.3 cm³/mol. The Hall–Kier alpha value is -2.70. The SMILES string of the molecule is O=c1[nH][nH]c2cc(=O)n(-c3ccccc3F)nc12. The van der Waals surface area contributed by atoms with Crippen LogP contribution in [0.5, 0.6) is 0 Å². The second kappa shape index (κ2) is 3.66. The Bertz CT molecular complexity index is 846. The number of hydrogen-bond donors (Lipinski definition) is 2. The number of nitrogens with one attached hydrogen (secondary N) is 2. The van der Waals surface area contributed by atoms with Gasteiger partial charge in [-0.2, -0.15) is 9.78 Å². The number of halogens is 1. The molecule has 0 bridgehead atoms. The van der Waals surface area contributed by atoms with Crippen molar-refractivity contribution in [3.05, 3.63) is 56.9 Å². The van der Waals surface area contributed by atoms with E-state index in [1.54, 1.807) is 6.07 Å². The molecule has 18 heavy (non-hydrogen) atoms. The highest BCUT2D eigenvalue weighted by atomic mass is 19.1. The second-order valence-electron chi connectivity index (χ2n) is 3.69. The van der Waals surface area contributed by atoms with E-state index in [1.807, 2.05) is 0 Å². The molecule has 90 valence electrons. The first kappa shape index (κ1) is 10.5. The molecule has 2 heterocycles. The smallest absolute Gasteiger partial charge is 0.292 e. The van der Waals surface area contributed by atoms with Crippen LogP contribution in [-0.4, -0.2) is 20.0 Å². The third-order valence-electron chi connectivity index (χ3n) is 2.54. The normalized spacial score (nSPS) is 10.9. The molecule has 0 amide bonds. The molecule has 0 unspecified atom stereocenters. The summed E-state index contributed by atoms with van der Waals surface area (Å²) in [6, 6.07) is 6.90. The van der Waals surface area contributed by atoms with E-state index in [9.17, 15) is 14.0 Å². The molecule has 6 nitrogen and oxygen atoms in total. The van der Waals surface area contributed by atoms with Gasteiger partial charge >= 0.3 is 0 Å². The highest BCUT2D eigenvalue weighted by molar-refractivity contribution is 5.71. The van der Waals surface area contributed by atoms with Gasteiger partial charge in [0, 0.05) is 6.07 Å². The number of aromatic amines is 2. The summed E-state index contributed by atoms with van der Waals surface area (Å²) in [5, 5.41) is 8.68. The average Bonchev–Trinajstić information content (AvgIpc) is 2.70. The van der Waals surface area contributed by atoms with Crippen molar-refractivity contribution >= 4 is 11.0 Å². The van der Waals surface area contributed by atoms with Crippen molar-refractivity contribution in [2.45, 2.75) is 0 Å². The molecule has 0 aliphatic carbocycles. The van der Waals surface area contributed by atoms with Crippen LogP contribution in [0.3, 0.4) is 0 Å². The number of benzene rings is 1. The number of nitrogens with zero attached hydrogens (tertiary/aromatic N) is 2. The third-order valence-corrected chi connectivity index (χ3v) is 2.54. The zero-order valence-electron chi connectivity index (χ0n) is 8.98. The van der Waals surface area contributed by atoms with E-state index in [0.717, 1.165) is 4.68 Å². The number of fused-ring (bicyclic) bond motifs is 1. The van der Waals surface area contributed by atoms with Crippen LogP contribution in [-0.2, 0) is 0 Å². The fraction of sp³-hybridized carbons (Fsp3) is 0. The van der Waals surface area contributed by atoms with Gasteiger partial charge < -0.3 is 0 Å². The molecule has 0 atom stereocenters. The van der Waals surface area contributed by atoms with Crippen LogP contribution in [0.25, 0.3) is 16.7 Å². The summed E-state index contributed by atoms with van der Waals surface area (Å²) in [6.07, 6.45) is 0. The van der Waals surface area contributed by atoms with Gasteiger partial charge in [-0.3, -0.25) is 19.8 Å². The number of rotatable bonds is 1. The molecular formula is C11H7FN4O2. The van der Waals surface area contributed by atoms with Crippen LogP contribution in [0.1, 0.15) is 0 Å². The Morgan fingerprint density at radius 1 is 1.17 bits per heavy atom. The minimum atomic E-state index is -0.585. The lowest BCUT2D eigenvalue weighted by Crippen LogP contribution is -2.22. The quantitative estimate of drug-likeness (QED) is 0.657. The molecule has 0 aliphatic heterocycles. The summed E-state index contributed by atoms with van der Waals surface area (Å²) in [6.45, 7) is 0. The number of para-hydroxylation sites is 1. The lowest BCUT2D eigenvalue weighted by Gasteiger charge is -2.04. The fourth-order valence-corrected chi connectivity index (χ4v) is 1.70. The molecule has 1 aromatic carbocycles. The van der Waals surface area contributed by atoms with Crippen molar-refractivity contribution in [2.75, 3.05) is 0 Å². The van der Waals surface area contributed by atoms with Crippen molar-refractivity contribution < 1.29 is 4.39 Å². The van der Waals surface area contributed by atoms with Crippen molar-refractivity contribution in [1.82, 2.24) is 20.0 Å². The average molecular weight is 246 g/mol. The monoisotopic (exact) mass is 246 g/mol. The zero-order chi connectivity index (χ0) is 12.7. The lowest BCUT2D eigenvalue weighted by atomic mass is 10.3. The standard InChI is InChI=1S/C11H7FN4O2/c12-6-3-1-2-4-8(6)16-9(17)5-7-10(15-16)11(18)14-13-7/h1-5,13H,(H,14,18). The Balaban J connectivity index is 2.39. The summed E-state index contributed by atoms with van der Waals surface area (Å²) in [4.78, 5) is 23.2. The first-order chi connectivity index (χ1) is 8.66. The minimum Gasteiger partial charge on any atom is -0.296 e. The number of aromatic nitrogens is 4. The number of H-pyrrole nitrogens is 2. The molecule has 3 rings (SSSR count). The van der Waals surface area contributed by atoms with E-state index < -0.39 is 16.9 Å². The maximum absolute atomic E-state index is 13.6. The summed E-state index contributed by atoms with van der Waals surface area (Å²) in [5.41, 5.74) is -0.640. The van der Waals surface area contributed by atoms with Gasteiger partial charge in [-0.25, -0.2) is 4.39 Å². The van der Waals surface area contributed by atoms with Gasteiger partial charge in [0.05, 0.1) is 5.52 Å². The van der Waals surface area contributed by atoms with Gasteiger partial charge in [-0.15, -0.1) is 0 Å². The Morgan fingerprint density at radius 2 is 1.94 bits per heavy atom. The van der Waals surface area contributed by atoms with Crippen LogP contribution in [0.15, 0.2) is 39.9 Å². The maximum atomic E-state index is 13.6. The summed E-state index contributed by atoms with van der Waals surface area (Å²) >= 11 is 0. The van der Waals surface area contributed by atoms with Crippen molar-refractivity contribution in [3.8, 4) is 5.69 Å². The van der Waals surface area contributed by atoms with E-state index in [1.165, 1.54) is 24.3 Å². The lowest BCUT2D eigenvalue weighted by molar-refractivity contribution is 0.607. The van der Waals surface area contributed by atoms with Gasteiger partial charge in [0.2, 0.25) is 0 Å². The highest BCUT2D eigenvalue weighted by Crippen LogP contribution is 2.10. The highest BCUT2D eigenvalue weighted by Gasteiger charge is 2.10. The fourth-order valence-electron chi connectivity index (χ4n) is 1.70. The molecule has 2 aromatic heterocycles. The molecular weight excluding hydrogens is 239 g/mol. The van der Waals surface area contributed by atoms with Gasteiger partial charge in [-0.05, 0) is 12.1 Å². The van der Waals surface area contributed by atoms with Gasteiger partial charge in [-0.1, -0.05) is 12.1 Å². The molecule has 3 aromatic rings. The molecule has 7 heteroatoms. The van der Waals surface area contributed by atoms with Gasteiger partial charge in [0.1, 0.15) is 11.5 Å². The molecule has 0 aliphatic rings. The van der Waals surface area contributed by atoms with Gasteiger partial charge in [0.15, 0.2) is 5.52 Å². The van der Waals surface area contributed by atoms with Crippen molar-refractivity contribution in [2.24, 2.45) is 0 Å². The van der Waals surface area contributed by atoms with E-state index >= 15 is 0 Å². The molecule has 2 N–H and O–H groups in total. The van der Waals surface area contributed by atoms with E-state index in [-0.39, 0.29) is 16.7 Å². The number of hydrogen-bond acceptors (Lipinski definition) is 3. The van der Waals surface area contributed by atoms with Crippen LogP contribution >= 0.6 is 0 Å². The molecule has 0 fully saturated rings. The van der Waals surface area contributed by atoms with Crippen LogP contribution in [0.2, 0.25) is 0 Å². The van der Waals surface area contributed by atoms with E-state index in [4.69, 9.17) is 0 Å². The molecule has 0 saturated heterocycles. The minimum absolute atomic E-state index is 0.00463. The molecule has 0 spiro atoms. The summed E-state index contributed by atoms with van der Waals surface area (Å²) < 4.78 is 14.5. The Kier molecular flexibility index (Phi) is 2.12. The predicted octanol–water partition coefficient (Wildman–Crippen LogP) is 0.541. The third kappa shape index (κ3) is 1.45. The summed E-state index contributed by atoms with van der Waals surface area (Å²) in [7, 11) is 0. The van der Waals surface area contributed by atoms with Crippen LogP contribution in [0, 0.1) is 5.82 Å². The second-order valence-corrected chi connectivity index (χ2v) is 3.69. The van der Waals surface area contributed by atoms with Crippen LogP contribution in [0.4, 0.5) is 4.39 Å². The van der Waals surface area contributed by atoms with Crippen molar-refractivity contribution in [1.29, 1.82) is 0 Å². The topological polar surface area (TPSA) is 83.5 Å². The largest absolute Gasteiger partial charge is 0.296 e. The maximum Gasteiger partial charge on any atom is 0.292 e. The van der Waals surface area contributed by atoms with Gasteiger partial charge in [0.25, 0.3) is 11.1 Å². The Morgan fingerprint density at radius 3 is 2.72 bits per heavy atom. The van der Waals surface area contributed by atoms with E-state index in [2.05, 4.69) is 15.3 Å². The molecule has 0 radical (unpaired) electrons. The summed E-state index contributed by atoms with van der Waals surface area (Å²) in [5.74, 6) is -0.585. The van der Waals surface area contributed by atoms with Crippen LogP contribution < -0.4 is 11.1 Å². The Labute approximate surface area is 98.7 Å². The van der Waals surface area contributed by atoms with Crippen molar-refractivity contribution in [3.63, 3.8) is 0 Å². The molecule has 0 saturated carbocycles. The first-order valence-electron chi connectivity index (χ1n) is 5.12. The zero-order valence-corrected chi connectivity index (χ0v) is 8.98. The first-order valence-corrected chi connectivity index (χ1v) is 5.12.